The average molecular weight is 85.1 g/mol. The lowest BCUT2D eigenvalue weighted by atomic mass is 10.7. The van der Waals surface area contributed by atoms with Crippen LogP contribution >= 0.6 is 0 Å². The van der Waals surface area contributed by atoms with E-state index in [-0.39, 0.29) is 0 Å². The fourth-order valence-electron chi connectivity index (χ4n) is 0.0569. The van der Waals surface area contributed by atoms with Crippen molar-refractivity contribution in [2.75, 3.05) is 0 Å². The van der Waals surface area contributed by atoms with Gasteiger partial charge in [0, 0.05) is 0 Å². The van der Waals surface area contributed by atoms with Crippen molar-refractivity contribution in [3.63, 3.8) is 0 Å². The number of amides is 1. The van der Waals surface area contributed by atoms with Gasteiger partial charge in [-0.1, -0.05) is 0 Å². The van der Waals surface area contributed by atoms with Crippen LogP contribution in [0.2, 0.25) is 0 Å². The zero-order valence-electron chi connectivity index (χ0n) is 2.96. The van der Waals surface area contributed by atoms with Crippen molar-refractivity contribution in [1.29, 1.82) is 0 Å². The molecule has 0 saturated heterocycles. The van der Waals surface area contributed by atoms with E-state index in [1.165, 1.54) is 0 Å². The van der Waals surface area contributed by atoms with Gasteiger partial charge in [-0.25, -0.2) is 0 Å². The number of hydrogen-bond acceptors (Lipinski definition) is 1. The van der Waals surface area contributed by atoms with Crippen LogP contribution < -0.4 is 5.73 Å². The van der Waals surface area contributed by atoms with E-state index in [9.17, 15) is 4.79 Å². The van der Waals surface area contributed by atoms with Crippen LogP contribution in [0.4, 0.5) is 0 Å². The van der Waals surface area contributed by atoms with Crippen molar-refractivity contribution in [3.8, 4) is 0 Å². The number of primary amides is 1. The minimum atomic E-state index is -0.752. The van der Waals surface area contributed by atoms with Gasteiger partial charge in [0.1, 0.15) is 0 Å². The Hall–Kier alpha value is -1.15. The third-order valence-electron chi connectivity index (χ3n) is 0.185. The molecule has 6 heavy (non-hydrogen) atoms. The molecule has 2 N–H and O–H groups in total. The lowest BCUT2D eigenvalue weighted by molar-refractivity contribution is -0.115. The number of carbonyl (C=O) groups is 1. The summed E-state index contributed by atoms with van der Waals surface area (Å²) in [6, 6.07) is 0. The Labute approximate surface area is 34.2 Å². The summed E-state index contributed by atoms with van der Waals surface area (Å²) in [4.78, 5) is 11.8. The van der Waals surface area contributed by atoms with Crippen molar-refractivity contribution in [2.45, 2.75) is 0 Å². The van der Waals surface area contributed by atoms with Crippen molar-refractivity contribution in [1.82, 2.24) is 0 Å². The van der Waals surface area contributed by atoms with Gasteiger partial charge in [-0.2, -0.15) is 4.79 Å². The highest BCUT2D eigenvalue weighted by Crippen LogP contribution is 1.33. The fourth-order valence-corrected chi connectivity index (χ4v) is 0.0569. The smallest absolute Gasteiger partial charge is 0.344 e. The Morgan fingerprint density at radius 3 is 2.50 bits per heavy atom. The minimum absolute atomic E-state index is 0.611. The molecule has 0 rings (SSSR count). The number of nitrogens with two attached hydrogens (primary N) is 1. The van der Waals surface area contributed by atoms with Gasteiger partial charge in [0.05, 0.1) is 0 Å². The highest BCUT2D eigenvalue weighted by Gasteiger charge is 1.84. The molecule has 0 fully saturated rings. The molecular weight excluding hydrogens is 82.0 g/mol. The molecule has 0 spiro atoms. The van der Waals surface area contributed by atoms with Gasteiger partial charge in [-0.15, -0.1) is 0 Å². The number of nitrogens with zero attached hydrogens (tertiary/aromatic N) is 2. The molecule has 0 atom stereocenters. The van der Waals surface area contributed by atoms with Crippen LogP contribution in [0.15, 0.2) is 0 Å². The minimum Gasteiger partial charge on any atom is -0.361 e. The average Bonchev–Trinajstić information content (AvgIpc) is 1.35. The van der Waals surface area contributed by atoms with Gasteiger partial charge in [0.2, 0.25) is 0 Å². The lowest BCUT2D eigenvalue weighted by Gasteiger charge is -1.58. The predicted octanol–water partition coefficient (Wildman–Crippen LogP) is -1.23. The zero-order chi connectivity index (χ0) is 4.99. The lowest BCUT2D eigenvalue weighted by Crippen LogP contribution is -2.11. The maximum absolute atomic E-state index is 9.51. The molecule has 0 saturated carbocycles. The van der Waals surface area contributed by atoms with Gasteiger partial charge < -0.3 is 11.3 Å². The highest BCUT2D eigenvalue weighted by atomic mass is 16.1. The summed E-state index contributed by atoms with van der Waals surface area (Å²) in [5.74, 6) is -0.752. The number of hydrogen-bond donors (Lipinski definition) is 1. The maximum Gasteiger partial charge on any atom is 0.344 e. The van der Waals surface area contributed by atoms with Crippen LogP contribution in [-0.2, 0) is 4.79 Å². The van der Waals surface area contributed by atoms with Gasteiger partial charge in [-0.3, -0.25) is 4.79 Å². The third-order valence-corrected chi connectivity index (χ3v) is 0.185. The first-order valence-electron chi connectivity index (χ1n) is 1.24. The Bertz CT molecular complexity index is 101. The first-order chi connectivity index (χ1) is 2.77. The molecule has 4 heteroatoms. The molecule has 4 nitrogen and oxygen atoms in total. The van der Waals surface area contributed by atoms with E-state index in [1.807, 2.05) is 0 Å². The third kappa shape index (κ3) is 2.85. The molecule has 0 bridgehead atoms. The van der Waals surface area contributed by atoms with Crippen LogP contribution in [0.3, 0.4) is 0 Å². The summed E-state index contributed by atoms with van der Waals surface area (Å²) < 4.78 is 0. The summed E-state index contributed by atoms with van der Waals surface area (Å²) in [6.07, 6.45) is 0.611. The maximum atomic E-state index is 9.51. The fraction of sp³-hybridized carbons (Fsp3) is 0. The molecule has 0 aromatic rings. The van der Waals surface area contributed by atoms with E-state index in [4.69, 9.17) is 5.53 Å². The van der Waals surface area contributed by atoms with E-state index in [2.05, 4.69) is 10.5 Å². The molecule has 0 aliphatic heterocycles. The molecule has 0 aromatic carbocycles. The molecule has 1 amide bonds. The molecule has 0 aromatic heterocycles. The summed E-state index contributed by atoms with van der Waals surface area (Å²) in [5.41, 5.74) is 12.0. The van der Waals surface area contributed by atoms with E-state index in [1.54, 1.807) is 0 Å². The molecule has 0 heterocycles. The van der Waals surface area contributed by atoms with Crippen molar-refractivity contribution in [2.24, 2.45) is 5.73 Å². The largest absolute Gasteiger partial charge is 0.361 e. The highest BCUT2D eigenvalue weighted by molar-refractivity contribution is 6.22. The summed E-state index contributed by atoms with van der Waals surface area (Å²) >= 11 is 0. The predicted molar refractivity (Wildman–Crippen MR) is 18.9 cm³/mol. The second kappa shape index (κ2) is 2.11. The van der Waals surface area contributed by atoms with Gasteiger partial charge >= 0.3 is 12.1 Å². The van der Waals surface area contributed by atoms with E-state index < -0.39 is 5.91 Å². The second-order valence-electron chi connectivity index (χ2n) is 0.647. The molecule has 0 aliphatic carbocycles. The standard InChI is InChI=1S/C2H3N3O/c3-2(6)1-5-4/h1H,(H2,3,6). The first-order valence-corrected chi connectivity index (χ1v) is 1.24. The van der Waals surface area contributed by atoms with Crippen LogP contribution in [0.25, 0.3) is 5.53 Å². The molecule has 0 aliphatic rings. The van der Waals surface area contributed by atoms with E-state index >= 15 is 0 Å². The van der Waals surface area contributed by atoms with Gasteiger partial charge in [0.25, 0.3) is 0 Å². The van der Waals surface area contributed by atoms with E-state index in [0.717, 1.165) is 0 Å². The van der Waals surface area contributed by atoms with Crippen LogP contribution in [0, 0.1) is 0 Å². The Kier molecular flexibility index (Phi) is 1.71. The molecule has 0 unspecified atom stereocenters. The van der Waals surface area contributed by atoms with Gasteiger partial charge in [-0.05, 0) is 0 Å². The van der Waals surface area contributed by atoms with Crippen LogP contribution in [-0.4, -0.2) is 16.9 Å². The zero-order valence-corrected chi connectivity index (χ0v) is 2.96. The SMILES string of the molecule is [N-]=[N+]=CC(N)=O. The number of carbonyl (C=O) groups excluding carboxylic acids is 1. The van der Waals surface area contributed by atoms with Crippen LogP contribution in [0.5, 0.6) is 0 Å². The monoisotopic (exact) mass is 85.0 g/mol. The van der Waals surface area contributed by atoms with Crippen molar-refractivity contribution >= 4 is 12.1 Å². The number of rotatable bonds is 1. The first kappa shape index (κ1) is 4.85. The van der Waals surface area contributed by atoms with Gasteiger partial charge in [0.15, 0.2) is 0 Å². The Morgan fingerprint density at radius 2 is 2.50 bits per heavy atom. The summed E-state index contributed by atoms with van der Waals surface area (Å²) in [6.45, 7) is 0. The van der Waals surface area contributed by atoms with Crippen molar-refractivity contribution in [3.05, 3.63) is 5.53 Å². The quantitative estimate of drug-likeness (QED) is 0.241. The van der Waals surface area contributed by atoms with E-state index in [0.29, 0.717) is 6.21 Å². The summed E-state index contributed by atoms with van der Waals surface area (Å²) in [7, 11) is 0. The van der Waals surface area contributed by atoms with Crippen molar-refractivity contribution < 1.29 is 9.58 Å². The topological polar surface area (TPSA) is 79.5 Å². The molecular formula is C2H3N3O. The van der Waals surface area contributed by atoms with Crippen LogP contribution in [0.1, 0.15) is 0 Å². The Balaban J connectivity index is 3.60. The second-order valence-corrected chi connectivity index (χ2v) is 0.647. The summed E-state index contributed by atoms with van der Waals surface area (Å²) in [5, 5.41) is 0. The Morgan fingerprint density at radius 1 is 2.00 bits per heavy atom. The normalized spacial score (nSPS) is 6.00. The molecule has 0 radical (unpaired) electrons. The molecule has 32 valence electrons.